The standard InChI is InChI=1S/C22H25N5O5/c23-19-16-20(27(11-24-16)21-18(30)17(29)15(10-28)32-21)26-22(25-19)31-8-7-12-5-6-13-3-1-2-4-14(13)9-12/h1-6,9,15,17-18,21,24,28-30H,7-8,10-11H2,(H2,23,25,26)/t15?,17-,18-,21?/m1/s1. The highest BCUT2D eigenvalue weighted by Crippen LogP contribution is 2.38. The molecule has 3 heterocycles. The number of rotatable bonds is 6. The molecule has 1 saturated heterocycles. The van der Waals surface area contributed by atoms with Crippen molar-refractivity contribution >= 4 is 28.1 Å². The normalized spacial score (nSPS) is 24.5. The summed E-state index contributed by atoms with van der Waals surface area (Å²) in [4.78, 5) is 10.3. The molecule has 2 unspecified atom stereocenters. The minimum absolute atomic E-state index is 0.113. The summed E-state index contributed by atoms with van der Waals surface area (Å²) < 4.78 is 11.4. The summed E-state index contributed by atoms with van der Waals surface area (Å²) in [5, 5.41) is 35.2. The van der Waals surface area contributed by atoms with Crippen molar-refractivity contribution in [1.82, 2.24) is 9.97 Å². The third-order valence-corrected chi connectivity index (χ3v) is 5.86. The van der Waals surface area contributed by atoms with Crippen LogP contribution in [-0.2, 0) is 11.2 Å². The predicted molar refractivity (Wildman–Crippen MR) is 118 cm³/mol. The molecule has 168 valence electrons. The molecule has 0 bridgehead atoms. The van der Waals surface area contributed by atoms with E-state index < -0.39 is 31.1 Å². The molecule has 1 fully saturated rings. The molecule has 3 aromatic rings. The Bertz CT molecular complexity index is 1130. The molecule has 0 radical (unpaired) electrons. The van der Waals surface area contributed by atoms with Gasteiger partial charge in [0.05, 0.1) is 19.9 Å². The van der Waals surface area contributed by atoms with Crippen molar-refractivity contribution in [3.8, 4) is 6.01 Å². The van der Waals surface area contributed by atoms with Crippen LogP contribution in [-0.4, -0.2) is 69.7 Å². The summed E-state index contributed by atoms with van der Waals surface area (Å²) in [7, 11) is 0. The second-order valence-electron chi connectivity index (χ2n) is 7.90. The summed E-state index contributed by atoms with van der Waals surface area (Å²) in [5.41, 5.74) is 7.72. The Kier molecular flexibility index (Phi) is 5.43. The van der Waals surface area contributed by atoms with Crippen molar-refractivity contribution in [3.05, 3.63) is 48.0 Å². The Labute approximate surface area is 184 Å². The molecule has 0 saturated carbocycles. The van der Waals surface area contributed by atoms with Crippen molar-refractivity contribution in [2.45, 2.75) is 31.0 Å². The van der Waals surface area contributed by atoms with Gasteiger partial charge in [-0.05, 0) is 16.3 Å². The lowest BCUT2D eigenvalue weighted by Crippen LogP contribution is -2.44. The lowest BCUT2D eigenvalue weighted by Gasteiger charge is -2.26. The molecule has 10 heteroatoms. The molecule has 32 heavy (non-hydrogen) atoms. The number of hydrogen-bond donors (Lipinski definition) is 5. The number of nitrogen functional groups attached to an aromatic ring is 1. The SMILES string of the molecule is Nc1nc(OCCc2ccc3ccccc3c2)nc2c1NCN2C1OC(CO)[C@@H](O)[C@H]1O. The predicted octanol–water partition coefficient (Wildman–Crippen LogP) is 0.462. The number of benzene rings is 2. The first kappa shape index (κ1) is 20.7. The number of fused-ring (bicyclic) bond motifs is 2. The summed E-state index contributed by atoms with van der Waals surface area (Å²) in [5.74, 6) is 0.623. The number of aliphatic hydroxyl groups is 3. The number of nitrogens with one attached hydrogen (secondary N) is 1. The minimum Gasteiger partial charge on any atom is -0.463 e. The maximum atomic E-state index is 10.4. The van der Waals surface area contributed by atoms with Crippen LogP contribution in [0.15, 0.2) is 42.5 Å². The highest BCUT2D eigenvalue weighted by molar-refractivity contribution is 5.83. The van der Waals surface area contributed by atoms with Crippen LogP contribution in [0.2, 0.25) is 0 Å². The van der Waals surface area contributed by atoms with Gasteiger partial charge >= 0.3 is 6.01 Å². The zero-order chi connectivity index (χ0) is 22.2. The maximum Gasteiger partial charge on any atom is 0.320 e. The molecule has 5 rings (SSSR count). The molecule has 0 amide bonds. The molecular formula is C22H25N5O5. The number of ether oxygens (including phenoxy) is 2. The van der Waals surface area contributed by atoms with E-state index in [1.165, 1.54) is 10.8 Å². The van der Waals surface area contributed by atoms with Crippen molar-refractivity contribution in [2.75, 3.05) is 35.8 Å². The monoisotopic (exact) mass is 439 g/mol. The molecular weight excluding hydrogens is 414 g/mol. The van der Waals surface area contributed by atoms with Gasteiger partial charge in [0.1, 0.15) is 24.0 Å². The second kappa shape index (κ2) is 8.40. The van der Waals surface area contributed by atoms with Crippen molar-refractivity contribution < 1.29 is 24.8 Å². The van der Waals surface area contributed by atoms with E-state index in [1.807, 2.05) is 12.1 Å². The lowest BCUT2D eigenvalue weighted by atomic mass is 10.1. The van der Waals surface area contributed by atoms with Gasteiger partial charge in [0.2, 0.25) is 0 Å². The summed E-state index contributed by atoms with van der Waals surface area (Å²) in [6.45, 7) is 0.205. The first-order valence-electron chi connectivity index (χ1n) is 10.5. The van der Waals surface area contributed by atoms with Gasteiger partial charge in [-0.25, -0.2) is 0 Å². The first-order chi connectivity index (χ1) is 15.5. The molecule has 2 aromatic carbocycles. The van der Waals surface area contributed by atoms with E-state index in [0.717, 1.165) is 5.56 Å². The van der Waals surface area contributed by atoms with E-state index >= 15 is 0 Å². The van der Waals surface area contributed by atoms with Crippen molar-refractivity contribution in [3.63, 3.8) is 0 Å². The van der Waals surface area contributed by atoms with E-state index in [9.17, 15) is 15.3 Å². The fraction of sp³-hybridized carbons (Fsp3) is 0.364. The molecule has 2 aliphatic rings. The van der Waals surface area contributed by atoms with Crippen LogP contribution in [0.5, 0.6) is 6.01 Å². The molecule has 2 aliphatic heterocycles. The quantitative estimate of drug-likeness (QED) is 0.367. The Morgan fingerprint density at radius 3 is 2.72 bits per heavy atom. The fourth-order valence-corrected chi connectivity index (χ4v) is 4.13. The number of hydrogen-bond acceptors (Lipinski definition) is 10. The number of aromatic nitrogens is 2. The third-order valence-electron chi connectivity index (χ3n) is 5.86. The average Bonchev–Trinajstić information content (AvgIpc) is 3.35. The fourth-order valence-electron chi connectivity index (χ4n) is 4.13. The van der Waals surface area contributed by atoms with Gasteiger partial charge in [-0.2, -0.15) is 9.97 Å². The van der Waals surface area contributed by atoms with Crippen LogP contribution in [0.1, 0.15) is 5.56 Å². The molecule has 4 atom stereocenters. The second-order valence-corrected chi connectivity index (χ2v) is 7.90. The van der Waals surface area contributed by atoms with Crippen LogP contribution < -0.4 is 20.7 Å². The average molecular weight is 439 g/mol. The Morgan fingerprint density at radius 2 is 1.94 bits per heavy atom. The van der Waals surface area contributed by atoms with Gasteiger partial charge in [-0.3, -0.25) is 0 Å². The van der Waals surface area contributed by atoms with E-state index in [2.05, 4.69) is 45.6 Å². The molecule has 0 spiro atoms. The smallest absolute Gasteiger partial charge is 0.320 e. The van der Waals surface area contributed by atoms with Crippen LogP contribution in [0.4, 0.5) is 17.3 Å². The van der Waals surface area contributed by atoms with E-state index in [0.29, 0.717) is 24.5 Å². The van der Waals surface area contributed by atoms with Crippen LogP contribution >= 0.6 is 0 Å². The van der Waals surface area contributed by atoms with Crippen LogP contribution in [0.25, 0.3) is 10.8 Å². The Balaban J connectivity index is 1.30. The minimum atomic E-state index is -1.21. The lowest BCUT2D eigenvalue weighted by molar-refractivity contribution is -0.0220. The third kappa shape index (κ3) is 3.67. The number of aliphatic hydroxyl groups excluding tert-OH is 3. The Morgan fingerprint density at radius 1 is 1.12 bits per heavy atom. The van der Waals surface area contributed by atoms with Gasteiger partial charge in [0, 0.05) is 6.42 Å². The number of anilines is 3. The number of nitrogens with two attached hydrogens (primary N) is 1. The van der Waals surface area contributed by atoms with Crippen LogP contribution in [0.3, 0.4) is 0 Å². The summed E-state index contributed by atoms with van der Waals surface area (Å²) in [6.07, 6.45) is -3.52. The molecule has 0 aliphatic carbocycles. The topological polar surface area (TPSA) is 146 Å². The highest BCUT2D eigenvalue weighted by Gasteiger charge is 2.47. The summed E-state index contributed by atoms with van der Waals surface area (Å²) >= 11 is 0. The maximum absolute atomic E-state index is 10.4. The molecule has 1 aromatic heterocycles. The summed E-state index contributed by atoms with van der Waals surface area (Å²) in [6, 6.07) is 14.6. The zero-order valence-corrected chi connectivity index (χ0v) is 17.3. The number of nitrogens with zero attached hydrogens (tertiary/aromatic N) is 3. The van der Waals surface area contributed by atoms with Crippen LogP contribution in [0, 0.1) is 0 Å². The van der Waals surface area contributed by atoms with E-state index in [-0.39, 0.29) is 18.5 Å². The van der Waals surface area contributed by atoms with Gasteiger partial charge < -0.3 is 40.7 Å². The van der Waals surface area contributed by atoms with Gasteiger partial charge in [-0.15, -0.1) is 0 Å². The first-order valence-corrected chi connectivity index (χ1v) is 10.5. The van der Waals surface area contributed by atoms with E-state index in [4.69, 9.17) is 15.2 Å². The largest absolute Gasteiger partial charge is 0.463 e. The van der Waals surface area contributed by atoms with Gasteiger partial charge in [-0.1, -0.05) is 42.5 Å². The van der Waals surface area contributed by atoms with Gasteiger partial charge in [0.15, 0.2) is 17.9 Å². The highest BCUT2D eigenvalue weighted by atomic mass is 16.6. The van der Waals surface area contributed by atoms with Crippen molar-refractivity contribution in [1.29, 1.82) is 0 Å². The molecule has 6 N–H and O–H groups in total. The van der Waals surface area contributed by atoms with E-state index in [1.54, 1.807) is 4.90 Å². The zero-order valence-electron chi connectivity index (χ0n) is 17.3. The molecule has 10 nitrogen and oxygen atoms in total. The Hall–Kier alpha value is -3.18. The van der Waals surface area contributed by atoms with Gasteiger partial charge in [0.25, 0.3) is 0 Å². The van der Waals surface area contributed by atoms with Crippen molar-refractivity contribution in [2.24, 2.45) is 0 Å².